The Morgan fingerprint density at radius 2 is 2.15 bits per heavy atom. The van der Waals surface area contributed by atoms with Crippen molar-refractivity contribution >= 4 is 10.9 Å². The van der Waals surface area contributed by atoms with Gasteiger partial charge in [-0.3, -0.25) is 0 Å². The number of rotatable bonds is 3. The van der Waals surface area contributed by atoms with Gasteiger partial charge in [-0.25, -0.2) is 0 Å². The zero-order chi connectivity index (χ0) is 14.5. The van der Waals surface area contributed by atoms with Crippen LogP contribution in [0.4, 0.5) is 0 Å². The van der Waals surface area contributed by atoms with E-state index in [0.29, 0.717) is 18.3 Å². The molecule has 0 aliphatic heterocycles. The molecule has 0 saturated heterocycles. The highest BCUT2D eigenvalue weighted by molar-refractivity contribution is 5.90. The quantitative estimate of drug-likeness (QED) is 0.909. The van der Waals surface area contributed by atoms with Crippen LogP contribution in [0.2, 0.25) is 0 Å². The fourth-order valence-electron chi connectivity index (χ4n) is 3.71. The number of aromatic nitrogens is 1. The lowest BCUT2D eigenvalue weighted by Gasteiger charge is -2.04. The van der Waals surface area contributed by atoms with Gasteiger partial charge in [-0.2, -0.15) is 5.26 Å². The second-order valence-electron chi connectivity index (χ2n) is 6.31. The lowest BCUT2D eigenvalue weighted by molar-refractivity contribution is 0.419. The molecular weight excluding hydrogens is 248 g/mol. The smallest absolute Gasteiger partial charge is 0.142 e. The maximum Gasteiger partial charge on any atom is 0.142 e. The van der Waals surface area contributed by atoms with Gasteiger partial charge in [0.1, 0.15) is 5.75 Å². The highest BCUT2D eigenvalue weighted by atomic mass is 16.5. The number of methoxy groups -OCH3 is 1. The third-order valence-corrected chi connectivity index (χ3v) is 4.93. The zero-order valence-corrected chi connectivity index (χ0v) is 12.4. The second kappa shape index (κ2) is 4.28. The summed E-state index contributed by atoms with van der Waals surface area (Å²) < 4.78 is 5.44. The largest absolute Gasteiger partial charge is 0.495 e. The number of para-hydroxylation sites is 1. The Morgan fingerprint density at radius 3 is 2.80 bits per heavy atom. The predicted octanol–water partition coefficient (Wildman–Crippen LogP) is 4.14. The normalized spacial score (nSPS) is 23.6. The average Bonchev–Trinajstić information content (AvgIpc) is 2.78. The topological polar surface area (TPSA) is 48.8 Å². The Balaban J connectivity index is 2.14. The standard InChI is InChI=1S/C17H20N2O/c1-10-14(15-12(8-9-18)17(15,2)3)11-6-5-7-13(20-4)16(11)19-10/h5-7,12,15,19H,8H2,1-4H3/t12-,15-/m1/s1. The summed E-state index contributed by atoms with van der Waals surface area (Å²) in [4.78, 5) is 3.46. The fraction of sp³-hybridized carbons (Fsp3) is 0.471. The van der Waals surface area contributed by atoms with E-state index >= 15 is 0 Å². The Hall–Kier alpha value is -1.95. The van der Waals surface area contributed by atoms with E-state index < -0.39 is 0 Å². The highest BCUT2D eigenvalue weighted by Gasteiger charge is 2.58. The molecule has 2 aromatic rings. The maximum absolute atomic E-state index is 9.01. The van der Waals surface area contributed by atoms with Crippen LogP contribution in [0.1, 0.15) is 37.4 Å². The summed E-state index contributed by atoms with van der Waals surface area (Å²) in [7, 11) is 1.70. The summed E-state index contributed by atoms with van der Waals surface area (Å²) in [5.74, 6) is 1.80. The molecule has 2 atom stereocenters. The van der Waals surface area contributed by atoms with Crippen LogP contribution in [0.15, 0.2) is 18.2 Å². The number of ether oxygens (including phenoxy) is 1. The SMILES string of the molecule is COc1cccc2c([C@H]3[C@@H](CC#N)C3(C)C)c(C)[nH]c12. The van der Waals surface area contributed by atoms with E-state index in [-0.39, 0.29) is 5.41 Å². The van der Waals surface area contributed by atoms with Crippen LogP contribution in [-0.2, 0) is 0 Å². The number of hydrogen-bond acceptors (Lipinski definition) is 2. The predicted molar refractivity (Wildman–Crippen MR) is 79.8 cm³/mol. The van der Waals surface area contributed by atoms with Gasteiger partial charge < -0.3 is 9.72 Å². The fourth-order valence-corrected chi connectivity index (χ4v) is 3.71. The molecule has 0 bridgehead atoms. The van der Waals surface area contributed by atoms with Crippen LogP contribution in [0.5, 0.6) is 5.75 Å². The van der Waals surface area contributed by atoms with Crippen molar-refractivity contribution in [3.05, 3.63) is 29.5 Å². The Bertz CT molecular complexity index is 706. The van der Waals surface area contributed by atoms with E-state index in [1.54, 1.807) is 7.11 Å². The molecule has 104 valence electrons. The Morgan fingerprint density at radius 1 is 1.40 bits per heavy atom. The number of benzene rings is 1. The maximum atomic E-state index is 9.01. The first-order valence-electron chi connectivity index (χ1n) is 7.04. The third-order valence-electron chi connectivity index (χ3n) is 4.93. The van der Waals surface area contributed by atoms with Crippen molar-refractivity contribution in [2.75, 3.05) is 7.11 Å². The molecule has 1 heterocycles. The molecule has 1 aromatic heterocycles. The molecule has 3 heteroatoms. The minimum atomic E-state index is 0.207. The number of aryl methyl sites for hydroxylation is 1. The minimum Gasteiger partial charge on any atom is -0.495 e. The summed E-state index contributed by atoms with van der Waals surface area (Å²) in [6, 6.07) is 8.49. The first kappa shape index (κ1) is 13.1. The first-order valence-corrected chi connectivity index (χ1v) is 7.04. The van der Waals surface area contributed by atoms with Crippen molar-refractivity contribution in [3.8, 4) is 11.8 Å². The molecule has 0 amide bonds. The van der Waals surface area contributed by atoms with Crippen molar-refractivity contribution in [3.63, 3.8) is 0 Å². The molecule has 1 N–H and O–H groups in total. The van der Waals surface area contributed by atoms with Crippen molar-refractivity contribution in [1.82, 2.24) is 4.98 Å². The molecule has 0 spiro atoms. The Kier molecular flexibility index (Phi) is 2.79. The monoisotopic (exact) mass is 268 g/mol. The van der Waals surface area contributed by atoms with E-state index in [4.69, 9.17) is 10.00 Å². The molecule has 1 saturated carbocycles. The van der Waals surface area contributed by atoms with Gasteiger partial charge in [-0.1, -0.05) is 26.0 Å². The number of nitrogens with zero attached hydrogens (tertiary/aromatic N) is 1. The minimum absolute atomic E-state index is 0.207. The molecule has 0 unspecified atom stereocenters. The van der Waals surface area contributed by atoms with Gasteiger partial charge in [0.2, 0.25) is 0 Å². The molecule has 1 fully saturated rings. The van der Waals surface area contributed by atoms with Crippen molar-refractivity contribution in [1.29, 1.82) is 5.26 Å². The molecule has 20 heavy (non-hydrogen) atoms. The number of hydrogen-bond donors (Lipinski definition) is 1. The van der Waals surface area contributed by atoms with Crippen molar-refractivity contribution in [2.24, 2.45) is 11.3 Å². The molecule has 0 radical (unpaired) electrons. The van der Waals surface area contributed by atoms with Gasteiger partial charge in [0.15, 0.2) is 0 Å². The first-order chi connectivity index (χ1) is 9.52. The highest BCUT2D eigenvalue weighted by Crippen LogP contribution is 2.67. The second-order valence-corrected chi connectivity index (χ2v) is 6.31. The van der Waals surface area contributed by atoms with Gasteiger partial charge in [-0.15, -0.1) is 0 Å². The van der Waals surface area contributed by atoms with Crippen LogP contribution in [-0.4, -0.2) is 12.1 Å². The molecule has 3 rings (SSSR count). The summed E-state index contributed by atoms with van der Waals surface area (Å²) in [5.41, 5.74) is 3.84. The van der Waals surface area contributed by atoms with Gasteiger partial charge in [0.25, 0.3) is 0 Å². The van der Waals surface area contributed by atoms with E-state index in [0.717, 1.165) is 11.3 Å². The zero-order valence-electron chi connectivity index (χ0n) is 12.4. The van der Waals surface area contributed by atoms with Crippen molar-refractivity contribution in [2.45, 2.75) is 33.1 Å². The van der Waals surface area contributed by atoms with E-state index in [1.165, 1.54) is 16.6 Å². The van der Waals surface area contributed by atoms with E-state index in [1.807, 2.05) is 12.1 Å². The van der Waals surface area contributed by atoms with Crippen LogP contribution >= 0.6 is 0 Å². The molecular formula is C17H20N2O. The molecule has 3 nitrogen and oxygen atoms in total. The van der Waals surface area contributed by atoms with Crippen LogP contribution in [0, 0.1) is 29.6 Å². The molecule has 1 aromatic carbocycles. The molecule has 1 aliphatic rings. The van der Waals surface area contributed by atoms with Crippen molar-refractivity contribution < 1.29 is 4.74 Å². The van der Waals surface area contributed by atoms with Crippen LogP contribution in [0.3, 0.4) is 0 Å². The van der Waals surface area contributed by atoms with Gasteiger partial charge >= 0.3 is 0 Å². The lowest BCUT2D eigenvalue weighted by atomic mass is 10.00. The summed E-state index contributed by atoms with van der Waals surface area (Å²) >= 11 is 0. The number of nitrogens with one attached hydrogen (secondary N) is 1. The van der Waals surface area contributed by atoms with Crippen LogP contribution in [0.25, 0.3) is 10.9 Å². The van der Waals surface area contributed by atoms with E-state index in [2.05, 4.69) is 37.9 Å². The summed E-state index contributed by atoms with van der Waals surface area (Å²) in [5, 5.41) is 10.2. The van der Waals surface area contributed by atoms with Gasteiger partial charge in [0, 0.05) is 17.5 Å². The Labute approximate surface area is 119 Å². The number of nitriles is 1. The summed E-state index contributed by atoms with van der Waals surface area (Å²) in [6.45, 7) is 6.64. The number of H-pyrrole nitrogens is 1. The average molecular weight is 268 g/mol. The molecule has 1 aliphatic carbocycles. The summed E-state index contributed by atoms with van der Waals surface area (Å²) in [6.07, 6.45) is 0.633. The third kappa shape index (κ3) is 1.64. The lowest BCUT2D eigenvalue weighted by Crippen LogP contribution is -1.91. The number of fused-ring (bicyclic) bond motifs is 1. The number of aromatic amines is 1. The van der Waals surface area contributed by atoms with E-state index in [9.17, 15) is 0 Å². The van der Waals surface area contributed by atoms with Gasteiger partial charge in [-0.05, 0) is 35.8 Å². The van der Waals surface area contributed by atoms with Crippen LogP contribution < -0.4 is 4.74 Å². The van der Waals surface area contributed by atoms with Gasteiger partial charge in [0.05, 0.1) is 18.7 Å².